The monoisotopic (exact) mass is 408 g/mol. The van der Waals surface area contributed by atoms with Crippen LogP contribution in [0.1, 0.15) is 36.7 Å². The van der Waals surface area contributed by atoms with Gasteiger partial charge in [-0.25, -0.2) is 4.98 Å². The summed E-state index contributed by atoms with van der Waals surface area (Å²) in [6, 6.07) is 9.16. The molecule has 148 valence electrons. The number of carbonyl (C=O) groups is 2. The first-order chi connectivity index (χ1) is 13.8. The summed E-state index contributed by atoms with van der Waals surface area (Å²) in [5.74, 6) is -0.753. The van der Waals surface area contributed by atoms with E-state index in [4.69, 9.17) is 5.26 Å². The number of hydrogen-bond acceptors (Lipinski definition) is 6. The number of aromatic nitrogens is 3. The van der Waals surface area contributed by atoms with E-state index >= 15 is 0 Å². The Balaban J connectivity index is 1.56. The minimum absolute atomic E-state index is 0.182. The molecule has 0 radical (unpaired) electrons. The summed E-state index contributed by atoms with van der Waals surface area (Å²) in [4.78, 5) is 28.7. The summed E-state index contributed by atoms with van der Waals surface area (Å²) < 4.78 is 1.69. The molecule has 9 heteroatoms. The van der Waals surface area contributed by atoms with Crippen molar-refractivity contribution in [1.29, 1.82) is 5.26 Å². The van der Waals surface area contributed by atoms with Gasteiger partial charge in [-0.15, -0.1) is 11.3 Å². The number of nitrogens with zero attached hydrogens (tertiary/aromatic N) is 4. The zero-order chi connectivity index (χ0) is 21.0. The summed E-state index contributed by atoms with van der Waals surface area (Å²) in [7, 11) is 0. The number of benzene rings is 1. The largest absolute Gasteiger partial charge is 0.343 e. The Bertz CT molecular complexity index is 1090. The van der Waals surface area contributed by atoms with E-state index in [2.05, 4.69) is 26.8 Å². The Kier molecular flexibility index (Phi) is 5.75. The second-order valence-electron chi connectivity index (χ2n) is 7.31. The number of nitrogens with one attached hydrogen (secondary N) is 2. The second-order valence-corrected chi connectivity index (χ2v) is 8.16. The minimum atomic E-state index is -0.381. The van der Waals surface area contributed by atoms with Crippen LogP contribution in [-0.4, -0.2) is 33.1 Å². The van der Waals surface area contributed by atoms with Crippen LogP contribution in [0.3, 0.4) is 0 Å². The van der Waals surface area contributed by atoms with E-state index in [0.29, 0.717) is 22.0 Å². The molecule has 0 aliphatic carbocycles. The van der Waals surface area contributed by atoms with Crippen LogP contribution in [0.25, 0.3) is 11.3 Å². The summed E-state index contributed by atoms with van der Waals surface area (Å²) >= 11 is 1.27. The van der Waals surface area contributed by atoms with E-state index in [1.807, 2.05) is 26.8 Å². The lowest BCUT2D eigenvalue weighted by atomic mass is 10.1. The summed E-state index contributed by atoms with van der Waals surface area (Å²) in [6.45, 7) is 5.76. The molecule has 0 spiro atoms. The molecule has 3 rings (SSSR count). The molecule has 0 aliphatic rings. The van der Waals surface area contributed by atoms with Crippen molar-refractivity contribution in [2.24, 2.45) is 0 Å². The van der Waals surface area contributed by atoms with E-state index in [1.54, 1.807) is 34.5 Å². The topological polar surface area (TPSA) is 113 Å². The highest BCUT2D eigenvalue weighted by molar-refractivity contribution is 7.14. The molecule has 2 heterocycles. The van der Waals surface area contributed by atoms with Crippen molar-refractivity contribution in [2.45, 2.75) is 26.3 Å². The number of carbonyl (C=O) groups excluding carboxylic acids is 2. The molecule has 0 fully saturated rings. The zero-order valence-electron chi connectivity index (χ0n) is 16.3. The van der Waals surface area contributed by atoms with Crippen LogP contribution >= 0.6 is 11.3 Å². The molecular formula is C20H20N6O2S. The number of amides is 2. The van der Waals surface area contributed by atoms with Crippen molar-refractivity contribution in [1.82, 2.24) is 20.1 Å². The number of hydrogen-bond donors (Lipinski definition) is 2. The SMILES string of the molecule is CC(C)(C)n1cc(C(=O)NCC(=O)Nc2nc(-c3cccc(C#N)c3)cs2)cn1. The number of rotatable bonds is 5. The Labute approximate surface area is 172 Å². The fraction of sp³-hybridized carbons (Fsp3) is 0.250. The van der Waals surface area contributed by atoms with Crippen LogP contribution in [0.15, 0.2) is 42.0 Å². The van der Waals surface area contributed by atoms with Crippen molar-refractivity contribution in [3.63, 3.8) is 0 Å². The van der Waals surface area contributed by atoms with Gasteiger partial charge in [0.05, 0.1) is 41.2 Å². The van der Waals surface area contributed by atoms with Gasteiger partial charge in [-0.2, -0.15) is 10.4 Å². The van der Waals surface area contributed by atoms with E-state index in [0.717, 1.165) is 5.56 Å². The summed E-state index contributed by atoms with van der Waals surface area (Å²) in [5, 5.41) is 20.6. The van der Waals surface area contributed by atoms with Gasteiger partial charge in [0.2, 0.25) is 5.91 Å². The zero-order valence-corrected chi connectivity index (χ0v) is 17.1. The lowest BCUT2D eigenvalue weighted by molar-refractivity contribution is -0.115. The Morgan fingerprint density at radius 1 is 1.31 bits per heavy atom. The van der Waals surface area contributed by atoms with Crippen molar-refractivity contribution >= 4 is 28.3 Å². The van der Waals surface area contributed by atoms with Gasteiger partial charge in [0.1, 0.15) is 0 Å². The van der Waals surface area contributed by atoms with Crippen LogP contribution in [0.4, 0.5) is 5.13 Å². The standard InChI is InChI=1S/C20H20N6O2S/c1-20(2,3)26-11-15(9-23-26)18(28)22-10-17(27)25-19-24-16(12-29-19)14-6-4-5-13(7-14)8-21/h4-7,9,11-12H,10H2,1-3H3,(H,22,28)(H,24,25,27). The first-order valence-corrected chi connectivity index (χ1v) is 9.73. The molecule has 1 aromatic carbocycles. The van der Waals surface area contributed by atoms with Crippen molar-refractivity contribution in [2.75, 3.05) is 11.9 Å². The maximum Gasteiger partial charge on any atom is 0.254 e. The fourth-order valence-corrected chi connectivity index (χ4v) is 3.18. The summed E-state index contributed by atoms with van der Waals surface area (Å²) in [6.07, 6.45) is 3.12. The van der Waals surface area contributed by atoms with Crippen LogP contribution in [0, 0.1) is 11.3 Å². The Hall–Kier alpha value is -3.51. The number of thiazole rings is 1. The average Bonchev–Trinajstić information content (AvgIpc) is 3.36. The molecule has 2 N–H and O–H groups in total. The quantitative estimate of drug-likeness (QED) is 0.674. The first-order valence-electron chi connectivity index (χ1n) is 8.85. The predicted molar refractivity (Wildman–Crippen MR) is 110 cm³/mol. The van der Waals surface area contributed by atoms with Gasteiger partial charge in [-0.05, 0) is 32.9 Å². The third-order valence-corrected chi connectivity index (χ3v) is 4.74. The molecular weight excluding hydrogens is 388 g/mol. The molecule has 3 aromatic rings. The van der Waals surface area contributed by atoms with E-state index in [9.17, 15) is 9.59 Å². The maximum absolute atomic E-state index is 12.2. The lowest BCUT2D eigenvalue weighted by Gasteiger charge is -2.18. The predicted octanol–water partition coefficient (Wildman–Crippen LogP) is 3.00. The van der Waals surface area contributed by atoms with Gasteiger partial charge in [0.25, 0.3) is 5.91 Å². The van der Waals surface area contributed by atoms with Crippen LogP contribution < -0.4 is 10.6 Å². The lowest BCUT2D eigenvalue weighted by Crippen LogP contribution is -2.32. The van der Waals surface area contributed by atoms with Crippen LogP contribution in [-0.2, 0) is 10.3 Å². The van der Waals surface area contributed by atoms with E-state index in [1.165, 1.54) is 17.5 Å². The third-order valence-electron chi connectivity index (χ3n) is 3.98. The molecule has 2 amide bonds. The third kappa shape index (κ3) is 5.06. The van der Waals surface area contributed by atoms with Gasteiger partial charge in [0, 0.05) is 17.1 Å². The molecule has 0 atom stereocenters. The van der Waals surface area contributed by atoms with Crippen molar-refractivity contribution in [3.8, 4) is 17.3 Å². The van der Waals surface area contributed by atoms with Gasteiger partial charge in [-0.3, -0.25) is 14.3 Å². The van der Waals surface area contributed by atoms with E-state index < -0.39 is 0 Å². The number of nitriles is 1. The highest BCUT2D eigenvalue weighted by Crippen LogP contribution is 2.25. The van der Waals surface area contributed by atoms with Gasteiger partial charge >= 0.3 is 0 Å². The smallest absolute Gasteiger partial charge is 0.254 e. The molecule has 0 saturated heterocycles. The first kappa shape index (κ1) is 20.2. The molecule has 2 aromatic heterocycles. The van der Waals surface area contributed by atoms with Crippen molar-refractivity contribution < 1.29 is 9.59 Å². The Morgan fingerprint density at radius 2 is 2.10 bits per heavy atom. The number of anilines is 1. The molecule has 0 unspecified atom stereocenters. The Morgan fingerprint density at radius 3 is 2.79 bits per heavy atom. The summed E-state index contributed by atoms with van der Waals surface area (Å²) in [5.41, 5.74) is 2.16. The average molecular weight is 408 g/mol. The van der Waals surface area contributed by atoms with Crippen LogP contribution in [0.2, 0.25) is 0 Å². The molecule has 0 aliphatic heterocycles. The minimum Gasteiger partial charge on any atom is -0.343 e. The molecule has 0 saturated carbocycles. The molecule has 29 heavy (non-hydrogen) atoms. The van der Waals surface area contributed by atoms with Gasteiger partial charge in [0.15, 0.2) is 5.13 Å². The van der Waals surface area contributed by atoms with Gasteiger partial charge < -0.3 is 10.6 Å². The van der Waals surface area contributed by atoms with Crippen molar-refractivity contribution in [3.05, 3.63) is 53.2 Å². The van der Waals surface area contributed by atoms with Crippen LogP contribution in [0.5, 0.6) is 0 Å². The highest BCUT2D eigenvalue weighted by atomic mass is 32.1. The fourth-order valence-electron chi connectivity index (χ4n) is 2.44. The molecule has 0 bridgehead atoms. The second kappa shape index (κ2) is 8.24. The highest BCUT2D eigenvalue weighted by Gasteiger charge is 2.17. The maximum atomic E-state index is 12.2. The normalized spacial score (nSPS) is 11.0. The van der Waals surface area contributed by atoms with E-state index in [-0.39, 0.29) is 23.9 Å². The van der Waals surface area contributed by atoms with Gasteiger partial charge in [-0.1, -0.05) is 12.1 Å². The molecule has 8 nitrogen and oxygen atoms in total.